The highest BCUT2D eigenvalue weighted by Crippen LogP contribution is 2.11. The minimum Gasteiger partial charge on any atom is -0.313 e. The number of nitrogens with one attached hydrogen (secondary N) is 1. The molecule has 0 spiro atoms. The molecule has 0 aliphatic carbocycles. The highest BCUT2D eigenvalue weighted by molar-refractivity contribution is 7.15. The van der Waals surface area contributed by atoms with Crippen molar-refractivity contribution >= 4 is 16.3 Å². The van der Waals surface area contributed by atoms with E-state index in [-0.39, 0.29) is 5.56 Å². The first-order valence-electron chi connectivity index (χ1n) is 7.68. The number of thiazole rings is 1. The predicted octanol–water partition coefficient (Wildman–Crippen LogP) is 1.72. The van der Waals surface area contributed by atoms with Crippen molar-refractivity contribution in [1.82, 2.24) is 19.6 Å². The summed E-state index contributed by atoms with van der Waals surface area (Å²) in [6, 6.07) is 2.26. The number of hydrogen-bond donors (Lipinski definition) is 1. The van der Waals surface area contributed by atoms with Gasteiger partial charge in [0.05, 0.1) is 5.69 Å². The standard InChI is InChI=1S/C15H22N4OS/c1-2-6-18(10-12-4-3-5-16-12)11-13-9-14(20)19-7-8-21-15(19)17-13/h7-9,12,16H,2-6,10-11H2,1H3. The molecule has 6 heteroatoms. The first-order valence-corrected chi connectivity index (χ1v) is 8.55. The molecule has 3 rings (SSSR count). The van der Waals surface area contributed by atoms with E-state index in [0.29, 0.717) is 6.04 Å². The average Bonchev–Trinajstić information content (AvgIpc) is 3.10. The first-order chi connectivity index (χ1) is 10.3. The van der Waals surface area contributed by atoms with Crippen molar-refractivity contribution in [1.29, 1.82) is 0 Å². The van der Waals surface area contributed by atoms with Crippen LogP contribution in [0.4, 0.5) is 0 Å². The van der Waals surface area contributed by atoms with Crippen molar-refractivity contribution < 1.29 is 0 Å². The van der Waals surface area contributed by atoms with E-state index in [1.54, 1.807) is 16.7 Å². The maximum Gasteiger partial charge on any atom is 0.258 e. The number of nitrogens with zero attached hydrogens (tertiary/aromatic N) is 3. The Morgan fingerprint density at radius 3 is 3.24 bits per heavy atom. The van der Waals surface area contributed by atoms with Crippen LogP contribution in [0.15, 0.2) is 22.4 Å². The Bertz CT molecular complexity index is 644. The quantitative estimate of drug-likeness (QED) is 0.883. The van der Waals surface area contributed by atoms with E-state index in [2.05, 4.69) is 22.1 Å². The van der Waals surface area contributed by atoms with Gasteiger partial charge in [0.2, 0.25) is 0 Å². The van der Waals surface area contributed by atoms with Crippen LogP contribution < -0.4 is 10.9 Å². The highest BCUT2D eigenvalue weighted by Gasteiger charge is 2.18. The molecule has 1 N–H and O–H groups in total. The van der Waals surface area contributed by atoms with Gasteiger partial charge in [-0.25, -0.2) is 4.98 Å². The van der Waals surface area contributed by atoms with E-state index in [0.717, 1.165) is 43.3 Å². The van der Waals surface area contributed by atoms with Crippen molar-refractivity contribution in [3.05, 3.63) is 33.7 Å². The van der Waals surface area contributed by atoms with Gasteiger partial charge in [0.25, 0.3) is 5.56 Å². The van der Waals surface area contributed by atoms with Gasteiger partial charge >= 0.3 is 0 Å². The van der Waals surface area contributed by atoms with Crippen LogP contribution in [-0.4, -0.2) is 40.0 Å². The van der Waals surface area contributed by atoms with Gasteiger partial charge in [0.15, 0.2) is 4.96 Å². The monoisotopic (exact) mass is 306 g/mol. The van der Waals surface area contributed by atoms with Crippen LogP contribution in [0.1, 0.15) is 31.9 Å². The second-order valence-electron chi connectivity index (χ2n) is 5.67. The zero-order valence-corrected chi connectivity index (χ0v) is 13.2. The van der Waals surface area contributed by atoms with Crippen molar-refractivity contribution in [3.8, 4) is 0 Å². The first kappa shape index (κ1) is 14.7. The largest absolute Gasteiger partial charge is 0.313 e. The lowest BCUT2D eigenvalue weighted by molar-refractivity contribution is 0.239. The molecule has 1 unspecified atom stereocenters. The SMILES string of the molecule is CCCN(Cc1cc(=O)n2ccsc2n1)CC1CCCN1. The third-order valence-electron chi connectivity index (χ3n) is 3.92. The van der Waals surface area contributed by atoms with Crippen LogP contribution in [0.2, 0.25) is 0 Å². The number of aromatic nitrogens is 2. The molecule has 1 atom stereocenters. The lowest BCUT2D eigenvalue weighted by Gasteiger charge is -2.24. The van der Waals surface area contributed by atoms with Gasteiger partial charge in [0.1, 0.15) is 0 Å². The summed E-state index contributed by atoms with van der Waals surface area (Å²) in [5.41, 5.74) is 0.903. The molecule has 114 valence electrons. The molecular weight excluding hydrogens is 284 g/mol. The Hall–Kier alpha value is -1.24. The maximum atomic E-state index is 12.0. The summed E-state index contributed by atoms with van der Waals surface area (Å²) in [6.45, 7) is 6.17. The van der Waals surface area contributed by atoms with Gasteiger partial charge in [-0.15, -0.1) is 11.3 Å². The maximum absolute atomic E-state index is 12.0. The topological polar surface area (TPSA) is 49.6 Å². The average molecular weight is 306 g/mol. The molecule has 21 heavy (non-hydrogen) atoms. The highest BCUT2D eigenvalue weighted by atomic mass is 32.1. The van der Waals surface area contributed by atoms with Gasteiger partial charge in [-0.1, -0.05) is 6.92 Å². The van der Waals surface area contributed by atoms with E-state index in [4.69, 9.17) is 0 Å². The normalized spacial score (nSPS) is 18.9. The van der Waals surface area contributed by atoms with E-state index in [1.165, 1.54) is 24.2 Å². The van der Waals surface area contributed by atoms with Crippen LogP contribution in [-0.2, 0) is 6.54 Å². The molecule has 1 saturated heterocycles. The minimum absolute atomic E-state index is 0.0201. The molecule has 5 nitrogen and oxygen atoms in total. The fraction of sp³-hybridized carbons (Fsp3) is 0.600. The Balaban J connectivity index is 1.74. The van der Waals surface area contributed by atoms with Crippen molar-refractivity contribution in [2.24, 2.45) is 0 Å². The summed E-state index contributed by atoms with van der Waals surface area (Å²) in [6.07, 6.45) is 5.42. The van der Waals surface area contributed by atoms with Gasteiger partial charge in [-0.3, -0.25) is 14.1 Å². The fourth-order valence-electron chi connectivity index (χ4n) is 2.97. The molecule has 1 aliphatic heterocycles. The Morgan fingerprint density at radius 1 is 1.57 bits per heavy atom. The molecule has 3 heterocycles. The van der Waals surface area contributed by atoms with Crippen molar-refractivity contribution in [2.45, 2.75) is 38.8 Å². The van der Waals surface area contributed by atoms with Gasteiger partial charge in [0, 0.05) is 36.8 Å². The molecule has 1 aliphatic rings. The Kier molecular flexibility index (Phi) is 4.67. The van der Waals surface area contributed by atoms with E-state index >= 15 is 0 Å². The molecule has 1 fully saturated rings. The number of fused-ring (bicyclic) bond motifs is 1. The predicted molar refractivity (Wildman–Crippen MR) is 85.9 cm³/mol. The Labute approximate surface area is 128 Å². The van der Waals surface area contributed by atoms with Crippen LogP contribution in [0.5, 0.6) is 0 Å². The zero-order chi connectivity index (χ0) is 14.7. The van der Waals surface area contributed by atoms with Crippen LogP contribution in [0.3, 0.4) is 0 Å². The Morgan fingerprint density at radius 2 is 2.48 bits per heavy atom. The molecule has 2 aromatic heterocycles. The lowest BCUT2D eigenvalue weighted by Crippen LogP contribution is -2.38. The number of rotatable bonds is 6. The van der Waals surface area contributed by atoms with Crippen LogP contribution in [0, 0.1) is 0 Å². The van der Waals surface area contributed by atoms with Crippen molar-refractivity contribution in [2.75, 3.05) is 19.6 Å². The summed E-state index contributed by atoms with van der Waals surface area (Å²) in [4.78, 5) is 19.9. The van der Waals surface area contributed by atoms with Gasteiger partial charge in [-0.05, 0) is 32.4 Å². The van der Waals surface area contributed by atoms with Crippen LogP contribution in [0.25, 0.3) is 4.96 Å². The van der Waals surface area contributed by atoms with E-state index in [9.17, 15) is 4.79 Å². The van der Waals surface area contributed by atoms with Gasteiger partial charge < -0.3 is 5.32 Å². The summed E-state index contributed by atoms with van der Waals surface area (Å²) in [5, 5.41) is 5.44. The molecule has 0 amide bonds. The van der Waals surface area contributed by atoms with E-state index < -0.39 is 0 Å². The molecular formula is C15H22N4OS. The lowest BCUT2D eigenvalue weighted by atomic mass is 10.2. The minimum atomic E-state index is 0.0201. The smallest absolute Gasteiger partial charge is 0.258 e. The summed E-state index contributed by atoms with van der Waals surface area (Å²) in [7, 11) is 0. The third-order valence-corrected chi connectivity index (χ3v) is 4.68. The molecule has 0 saturated carbocycles. The third kappa shape index (κ3) is 3.51. The zero-order valence-electron chi connectivity index (χ0n) is 12.4. The van der Waals surface area contributed by atoms with Crippen LogP contribution >= 0.6 is 11.3 Å². The summed E-state index contributed by atoms with van der Waals surface area (Å²) < 4.78 is 1.61. The molecule has 0 radical (unpaired) electrons. The number of hydrogen-bond acceptors (Lipinski definition) is 5. The van der Waals surface area contributed by atoms with Gasteiger partial charge in [-0.2, -0.15) is 0 Å². The molecule has 0 aromatic carbocycles. The summed E-state index contributed by atoms with van der Waals surface area (Å²) >= 11 is 1.51. The molecule has 0 bridgehead atoms. The fourth-order valence-corrected chi connectivity index (χ4v) is 3.71. The van der Waals surface area contributed by atoms with Crippen molar-refractivity contribution in [3.63, 3.8) is 0 Å². The summed E-state index contributed by atoms with van der Waals surface area (Å²) in [5.74, 6) is 0. The second kappa shape index (κ2) is 6.68. The molecule has 2 aromatic rings. The van der Waals surface area contributed by atoms with E-state index in [1.807, 2.05) is 5.38 Å². The second-order valence-corrected chi connectivity index (χ2v) is 6.54.